The maximum atomic E-state index is 12.4. The summed E-state index contributed by atoms with van der Waals surface area (Å²) in [5.74, 6) is 0. The monoisotopic (exact) mass is 454 g/mol. The van der Waals surface area contributed by atoms with Crippen molar-refractivity contribution < 1.29 is 9.90 Å². The van der Waals surface area contributed by atoms with Gasteiger partial charge in [-0.15, -0.1) is 0 Å². The third-order valence-electron chi connectivity index (χ3n) is 5.74. The number of hydrogen-bond acceptors (Lipinski definition) is 4. The summed E-state index contributed by atoms with van der Waals surface area (Å²) in [5.41, 5.74) is 6.60. The second-order valence-electron chi connectivity index (χ2n) is 8.44. The van der Waals surface area contributed by atoms with Gasteiger partial charge in [0, 0.05) is 42.8 Å². The highest BCUT2D eigenvalue weighted by atomic mass is 16.3. The number of carbonyl (C=O) groups excluding carboxylic acids is 1. The first kappa shape index (κ1) is 23.3. The van der Waals surface area contributed by atoms with Gasteiger partial charge in [-0.05, 0) is 30.2 Å². The smallest absolute Gasteiger partial charge is 0.319 e. The molecule has 1 heterocycles. The largest absolute Gasteiger partial charge is 0.391 e. The Morgan fingerprint density at radius 3 is 2.24 bits per heavy atom. The van der Waals surface area contributed by atoms with Gasteiger partial charge in [0.1, 0.15) is 0 Å². The number of carbonyl (C=O) groups is 1. The summed E-state index contributed by atoms with van der Waals surface area (Å²) in [4.78, 5) is 19.5. The summed E-state index contributed by atoms with van der Waals surface area (Å²) in [5, 5.41) is 16.2. The van der Waals surface area contributed by atoms with E-state index in [2.05, 4.69) is 39.8 Å². The average molecular weight is 455 g/mol. The molecule has 4 aromatic rings. The van der Waals surface area contributed by atoms with E-state index in [0.717, 1.165) is 39.0 Å². The molecule has 0 fully saturated rings. The predicted octanol–water partition coefficient (Wildman–Crippen LogP) is 5.53. The Labute approximate surface area is 200 Å². The fourth-order valence-electron chi connectivity index (χ4n) is 4.00. The van der Waals surface area contributed by atoms with Crippen LogP contribution in [-0.2, 0) is 0 Å². The minimum absolute atomic E-state index is 0.207. The molecule has 3 aromatic carbocycles. The minimum Gasteiger partial charge on any atom is -0.391 e. The Hall–Kier alpha value is -3.90. The van der Waals surface area contributed by atoms with Crippen molar-refractivity contribution in [1.29, 1.82) is 0 Å². The molecule has 1 unspecified atom stereocenters. The third kappa shape index (κ3) is 5.02. The van der Waals surface area contributed by atoms with Gasteiger partial charge in [-0.1, -0.05) is 67.6 Å². The molecule has 6 nitrogen and oxygen atoms in total. The molecule has 2 amide bonds. The maximum absolute atomic E-state index is 12.4. The van der Waals surface area contributed by atoms with Crippen LogP contribution in [0.1, 0.15) is 13.3 Å². The van der Waals surface area contributed by atoms with E-state index in [1.165, 1.54) is 0 Å². The molecule has 0 aliphatic rings. The molecule has 1 aromatic heterocycles. The first-order chi connectivity index (χ1) is 16.5. The molecule has 174 valence electrons. The van der Waals surface area contributed by atoms with Crippen LogP contribution in [0.4, 0.5) is 16.2 Å². The third-order valence-corrected chi connectivity index (χ3v) is 5.74. The lowest BCUT2D eigenvalue weighted by Crippen LogP contribution is -2.34. The van der Waals surface area contributed by atoms with Crippen LogP contribution in [0.15, 0.2) is 78.9 Å². The topological polar surface area (TPSA) is 77.5 Å². The van der Waals surface area contributed by atoms with Crippen molar-refractivity contribution in [3.63, 3.8) is 0 Å². The van der Waals surface area contributed by atoms with E-state index < -0.39 is 6.10 Å². The number of urea groups is 1. The number of aliphatic hydroxyl groups is 1. The zero-order chi connectivity index (χ0) is 24.1. The van der Waals surface area contributed by atoms with Crippen molar-refractivity contribution in [2.75, 3.05) is 30.9 Å². The van der Waals surface area contributed by atoms with Crippen molar-refractivity contribution in [2.45, 2.75) is 19.4 Å². The van der Waals surface area contributed by atoms with E-state index in [0.29, 0.717) is 12.1 Å². The molecule has 0 aliphatic heterocycles. The number of hydrogen-bond donors (Lipinski definition) is 3. The van der Waals surface area contributed by atoms with E-state index >= 15 is 0 Å². The minimum atomic E-state index is -0.559. The summed E-state index contributed by atoms with van der Waals surface area (Å²) in [6, 6.07) is 25.8. The van der Waals surface area contributed by atoms with Crippen LogP contribution in [0.3, 0.4) is 0 Å². The second kappa shape index (κ2) is 10.4. The van der Waals surface area contributed by atoms with Gasteiger partial charge in [-0.2, -0.15) is 0 Å². The molecule has 34 heavy (non-hydrogen) atoms. The van der Waals surface area contributed by atoms with Crippen LogP contribution < -0.4 is 15.5 Å². The second-order valence-corrected chi connectivity index (χ2v) is 8.44. The highest BCUT2D eigenvalue weighted by molar-refractivity contribution is 6.06. The lowest BCUT2D eigenvalue weighted by atomic mass is 9.94. The summed E-state index contributed by atoms with van der Waals surface area (Å²) in [6.45, 7) is 2.08. The van der Waals surface area contributed by atoms with Crippen molar-refractivity contribution in [2.24, 2.45) is 0 Å². The highest BCUT2D eigenvalue weighted by Gasteiger charge is 2.20. The zero-order valence-electron chi connectivity index (χ0n) is 19.7. The SMILES string of the molecule is CCC(O)CNC(=O)Nc1ccc2nc(-c3ccccc3)c(-c3ccccc3)c(N(C)C)c2c1. The van der Waals surface area contributed by atoms with E-state index in [4.69, 9.17) is 4.98 Å². The predicted molar refractivity (Wildman–Crippen MR) is 140 cm³/mol. The Balaban J connectivity index is 1.86. The fraction of sp³-hybridized carbons (Fsp3) is 0.214. The zero-order valence-corrected chi connectivity index (χ0v) is 19.7. The highest BCUT2D eigenvalue weighted by Crippen LogP contribution is 2.42. The van der Waals surface area contributed by atoms with Crippen molar-refractivity contribution in [3.05, 3.63) is 78.9 Å². The number of aromatic nitrogens is 1. The van der Waals surface area contributed by atoms with E-state index in [9.17, 15) is 9.90 Å². The summed E-state index contributed by atoms with van der Waals surface area (Å²) >= 11 is 0. The first-order valence-corrected chi connectivity index (χ1v) is 11.5. The maximum Gasteiger partial charge on any atom is 0.319 e. The molecule has 0 saturated heterocycles. The van der Waals surface area contributed by atoms with E-state index in [1.54, 1.807) is 0 Å². The van der Waals surface area contributed by atoms with E-state index in [1.807, 2.05) is 75.6 Å². The lowest BCUT2D eigenvalue weighted by molar-refractivity contribution is 0.168. The molecule has 1 atom stereocenters. The molecule has 0 saturated carbocycles. The lowest BCUT2D eigenvalue weighted by Gasteiger charge is -2.23. The van der Waals surface area contributed by atoms with Crippen LogP contribution in [-0.4, -0.2) is 42.9 Å². The Morgan fingerprint density at radius 1 is 0.971 bits per heavy atom. The summed E-state index contributed by atoms with van der Waals surface area (Å²) in [6.07, 6.45) is 0.0249. The van der Waals surface area contributed by atoms with Crippen LogP contribution in [0, 0.1) is 0 Å². The number of pyridine rings is 1. The number of benzene rings is 3. The molecule has 4 rings (SSSR count). The molecule has 0 bridgehead atoms. The number of nitrogens with one attached hydrogen (secondary N) is 2. The van der Waals surface area contributed by atoms with Gasteiger partial charge in [0.25, 0.3) is 0 Å². The van der Waals surface area contributed by atoms with Crippen molar-refractivity contribution in [1.82, 2.24) is 10.3 Å². The number of amides is 2. The van der Waals surface area contributed by atoms with Gasteiger partial charge in [0.15, 0.2) is 0 Å². The Bertz CT molecular complexity index is 1270. The van der Waals surface area contributed by atoms with Gasteiger partial charge in [-0.3, -0.25) is 0 Å². The Kier molecular flexibility index (Phi) is 7.09. The molecule has 0 aliphatic carbocycles. The van der Waals surface area contributed by atoms with E-state index in [-0.39, 0.29) is 12.6 Å². The fourth-order valence-corrected chi connectivity index (χ4v) is 4.00. The van der Waals surface area contributed by atoms with Crippen molar-refractivity contribution in [3.8, 4) is 22.4 Å². The van der Waals surface area contributed by atoms with Gasteiger partial charge in [-0.25, -0.2) is 9.78 Å². The van der Waals surface area contributed by atoms with Gasteiger partial charge in [0.05, 0.1) is 23.0 Å². The van der Waals surface area contributed by atoms with Crippen LogP contribution in [0.25, 0.3) is 33.3 Å². The summed E-state index contributed by atoms with van der Waals surface area (Å²) < 4.78 is 0. The summed E-state index contributed by atoms with van der Waals surface area (Å²) in [7, 11) is 4.05. The molecule has 0 spiro atoms. The van der Waals surface area contributed by atoms with Gasteiger partial charge < -0.3 is 20.6 Å². The van der Waals surface area contributed by atoms with Gasteiger partial charge in [0.2, 0.25) is 0 Å². The normalized spacial score (nSPS) is 11.8. The van der Waals surface area contributed by atoms with Crippen LogP contribution in [0.2, 0.25) is 0 Å². The average Bonchev–Trinajstić information content (AvgIpc) is 2.87. The number of nitrogens with zero attached hydrogens (tertiary/aromatic N) is 2. The van der Waals surface area contributed by atoms with Gasteiger partial charge >= 0.3 is 6.03 Å². The number of aliphatic hydroxyl groups excluding tert-OH is 1. The number of anilines is 2. The molecular weight excluding hydrogens is 424 g/mol. The Morgan fingerprint density at radius 2 is 1.62 bits per heavy atom. The number of rotatable bonds is 7. The standard InChI is InChI=1S/C28H30N4O2/c1-4-22(33)18-29-28(34)30-21-15-16-24-23(17-21)27(32(2)3)25(19-11-7-5-8-12-19)26(31-24)20-13-9-6-10-14-20/h5-17,22,33H,4,18H2,1-3H3,(H2,29,30,34). The molecular formula is C28H30N4O2. The molecule has 3 N–H and O–H groups in total. The molecule has 6 heteroatoms. The first-order valence-electron chi connectivity index (χ1n) is 11.5. The number of fused-ring (bicyclic) bond motifs is 1. The van der Waals surface area contributed by atoms with Crippen LogP contribution in [0.5, 0.6) is 0 Å². The van der Waals surface area contributed by atoms with Crippen LogP contribution >= 0.6 is 0 Å². The van der Waals surface area contributed by atoms with Crippen molar-refractivity contribution >= 4 is 28.3 Å². The molecule has 0 radical (unpaired) electrons. The quantitative estimate of drug-likeness (QED) is 0.343.